The predicted octanol–water partition coefficient (Wildman–Crippen LogP) is 3.20. The van der Waals surface area contributed by atoms with Crippen molar-refractivity contribution in [3.05, 3.63) is 58.9 Å². The molecule has 0 fully saturated rings. The minimum Gasteiger partial charge on any atom is -0.493 e. The molecule has 0 aromatic heterocycles. The molecule has 0 radical (unpaired) electrons. The summed E-state index contributed by atoms with van der Waals surface area (Å²) in [6, 6.07) is 4.80. The van der Waals surface area contributed by atoms with Crippen molar-refractivity contribution in [1.82, 2.24) is 0 Å². The van der Waals surface area contributed by atoms with Crippen LogP contribution in [0.15, 0.2) is 30.3 Å². The van der Waals surface area contributed by atoms with Crippen molar-refractivity contribution in [3.8, 4) is 11.5 Å². The van der Waals surface area contributed by atoms with E-state index in [1.807, 2.05) is 0 Å². The monoisotopic (exact) mass is 298 g/mol. The Balaban J connectivity index is 2.49. The molecule has 2 aromatic rings. The highest BCUT2D eigenvalue weighted by atomic mass is 19.1. The highest BCUT2D eigenvalue weighted by Gasteiger charge is 2.20. The van der Waals surface area contributed by atoms with Crippen molar-refractivity contribution in [1.29, 1.82) is 0 Å². The van der Waals surface area contributed by atoms with Crippen molar-refractivity contribution >= 4 is 0 Å². The van der Waals surface area contributed by atoms with E-state index in [4.69, 9.17) is 9.47 Å². The summed E-state index contributed by atoms with van der Waals surface area (Å²) in [6.45, 7) is 0. The molecular formula is C15H13F3O3. The molecule has 0 spiro atoms. The fraction of sp³-hybridized carbons (Fsp3) is 0.200. The van der Waals surface area contributed by atoms with Crippen LogP contribution in [0.3, 0.4) is 0 Å². The number of benzene rings is 2. The quantitative estimate of drug-likeness (QED) is 0.942. The molecule has 1 unspecified atom stereocenters. The second-order valence-corrected chi connectivity index (χ2v) is 4.33. The molecule has 0 bridgehead atoms. The fourth-order valence-electron chi connectivity index (χ4n) is 1.99. The number of aliphatic hydroxyl groups excluding tert-OH is 1. The maximum atomic E-state index is 14.0. The minimum absolute atomic E-state index is 0.0985. The first kappa shape index (κ1) is 15.2. The molecule has 2 rings (SSSR count). The normalized spacial score (nSPS) is 12.1. The zero-order valence-corrected chi connectivity index (χ0v) is 11.4. The second-order valence-electron chi connectivity index (χ2n) is 4.33. The first-order valence-electron chi connectivity index (χ1n) is 6.01. The Morgan fingerprint density at radius 1 is 0.857 bits per heavy atom. The Hall–Kier alpha value is -2.21. The van der Waals surface area contributed by atoms with Gasteiger partial charge in [0.05, 0.1) is 14.2 Å². The molecule has 0 saturated carbocycles. The second kappa shape index (κ2) is 6.05. The van der Waals surface area contributed by atoms with Crippen molar-refractivity contribution < 1.29 is 27.8 Å². The third kappa shape index (κ3) is 3.11. The van der Waals surface area contributed by atoms with Crippen molar-refractivity contribution in [3.63, 3.8) is 0 Å². The molecule has 0 saturated heterocycles. The van der Waals surface area contributed by atoms with E-state index in [1.54, 1.807) is 0 Å². The Kier molecular flexibility index (Phi) is 4.37. The van der Waals surface area contributed by atoms with Crippen LogP contribution in [0.4, 0.5) is 13.2 Å². The van der Waals surface area contributed by atoms with E-state index in [9.17, 15) is 18.3 Å². The van der Waals surface area contributed by atoms with Crippen LogP contribution in [0.5, 0.6) is 11.5 Å². The van der Waals surface area contributed by atoms with Crippen LogP contribution >= 0.6 is 0 Å². The van der Waals surface area contributed by atoms with Crippen LogP contribution in [0.1, 0.15) is 17.2 Å². The van der Waals surface area contributed by atoms with Gasteiger partial charge >= 0.3 is 0 Å². The lowest BCUT2D eigenvalue weighted by Gasteiger charge is -2.16. The van der Waals surface area contributed by atoms with Crippen LogP contribution in [0, 0.1) is 17.5 Å². The predicted molar refractivity (Wildman–Crippen MR) is 69.9 cm³/mol. The summed E-state index contributed by atoms with van der Waals surface area (Å²) in [7, 11) is 2.70. The van der Waals surface area contributed by atoms with E-state index >= 15 is 0 Å². The zero-order valence-electron chi connectivity index (χ0n) is 11.4. The molecule has 6 heteroatoms. The van der Waals surface area contributed by atoms with Gasteiger partial charge in [0, 0.05) is 17.7 Å². The molecule has 21 heavy (non-hydrogen) atoms. The largest absolute Gasteiger partial charge is 0.493 e. The number of halogens is 3. The topological polar surface area (TPSA) is 38.7 Å². The third-order valence-electron chi connectivity index (χ3n) is 3.00. The fourth-order valence-corrected chi connectivity index (χ4v) is 1.99. The molecular weight excluding hydrogens is 285 g/mol. The third-order valence-corrected chi connectivity index (χ3v) is 3.00. The van der Waals surface area contributed by atoms with Gasteiger partial charge in [-0.05, 0) is 23.8 Å². The van der Waals surface area contributed by atoms with Gasteiger partial charge in [0.2, 0.25) is 0 Å². The Bertz CT molecular complexity index is 639. The van der Waals surface area contributed by atoms with E-state index in [-0.39, 0.29) is 22.6 Å². The number of hydrogen-bond donors (Lipinski definition) is 1. The van der Waals surface area contributed by atoms with E-state index < -0.39 is 23.6 Å². The average molecular weight is 298 g/mol. The summed E-state index contributed by atoms with van der Waals surface area (Å²) < 4.78 is 50.3. The number of methoxy groups -OCH3 is 2. The summed E-state index contributed by atoms with van der Waals surface area (Å²) in [4.78, 5) is 0. The van der Waals surface area contributed by atoms with Gasteiger partial charge in [-0.2, -0.15) is 0 Å². The van der Waals surface area contributed by atoms with E-state index in [0.717, 1.165) is 18.2 Å². The highest BCUT2D eigenvalue weighted by Crippen LogP contribution is 2.34. The Morgan fingerprint density at radius 2 is 1.38 bits per heavy atom. The minimum atomic E-state index is -1.53. The lowest BCUT2D eigenvalue weighted by molar-refractivity contribution is 0.212. The highest BCUT2D eigenvalue weighted by molar-refractivity contribution is 5.46. The van der Waals surface area contributed by atoms with Crippen LogP contribution < -0.4 is 9.47 Å². The number of rotatable bonds is 4. The summed E-state index contributed by atoms with van der Waals surface area (Å²) in [5.41, 5.74) is -0.267. The summed E-state index contributed by atoms with van der Waals surface area (Å²) >= 11 is 0. The Morgan fingerprint density at radius 3 is 1.90 bits per heavy atom. The van der Waals surface area contributed by atoms with Gasteiger partial charge in [0.25, 0.3) is 0 Å². The average Bonchev–Trinajstić information content (AvgIpc) is 2.45. The molecule has 1 atom stereocenters. The van der Waals surface area contributed by atoms with Gasteiger partial charge in [-0.1, -0.05) is 0 Å². The molecule has 0 aliphatic rings. The lowest BCUT2D eigenvalue weighted by atomic mass is 10.00. The first-order chi connectivity index (χ1) is 9.96. The summed E-state index contributed by atoms with van der Waals surface area (Å²) in [5, 5.41) is 10.1. The molecule has 2 aromatic carbocycles. The van der Waals surface area contributed by atoms with E-state index in [1.165, 1.54) is 20.3 Å². The first-order valence-corrected chi connectivity index (χ1v) is 6.01. The molecule has 0 aliphatic carbocycles. The lowest BCUT2D eigenvalue weighted by Crippen LogP contribution is -2.05. The van der Waals surface area contributed by atoms with Gasteiger partial charge in [-0.25, -0.2) is 13.2 Å². The number of aliphatic hydroxyl groups is 1. The van der Waals surface area contributed by atoms with Crippen molar-refractivity contribution in [2.45, 2.75) is 6.10 Å². The summed E-state index contributed by atoms with van der Waals surface area (Å²) in [6.07, 6.45) is -1.53. The molecule has 1 N–H and O–H groups in total. The Labute approximate surface area is 119 Å². The smallest absolute Gasteiger partial charge is 0.163 e. The van der Waals surface area contributed by atoms with Gasteiger partial charge in [0.15, 0.2) is 11.5 Å². The molecule has 0 aliphatic heterocycles. The van der Waals surface area contributed by atoms with Gasteiger partial charge < -0.3 is 14.6 Å². The maximum Gasteiger partial charge on any atom is 0.163 e. The molecule has 3 nitrogen and oxygen atoms in total. The van der Waals surface area contributed by atoms with Gasteiger partial charge in [-0.15, -0.1) is 0 Å². The van der Waals surface area contributed by atoms with Crippen molar-refractivity contribution in [2.75, 3.05) is 14.2 Å². The standard InChI is InChI=1S/C15H13F3O3/c1-20-13-6-11(12(18)7-14(13)21-2)15(19)8-3-9(16)5-10(17)4-8/h3-7,15,19H,1-2H3. The zero-order chi connectivity index (χ0) is 15.6. The maximum absolute atomic E-state index is 14.0. The number of ether oxygens (including phenoxy) is 2. The summed E-state index contributed by atoms with van der Waals surface area (Å²) in [5.74, 6) is -2.14. The molecule has 0 heterocycles. The SMILES string of the molecule is COc1cc(F)c(C(O)c2cc(F)cc(F)c2)cc1OC. The van der Waals surface area contributed by atoms with E-state index in [2.05, 4.69) is 0 Å². The van der Waals surface area contributed by atoms with Crippen LogP contribution in [0.25, 0.3) is 0 Å². The van der Waals surface area contributed by atoms with Crippen LogP contribution in [-0.2, 0) is 0 Å². The van der Waals surface area contributed by atoms with E-state index in [0.29, 0.717) is 6.07 Å². The van der Waals surface area contributed by atoms with Crippen LogP contribution in [0.2, 0.25) is 0 Å². The van der Waals surface area contributed by atoms with Crippen molar-refractivity contribution in [2.24, 2.45) is 0 Å². The number of hydrogen-bond acceptors (Lipinski definition) is 3. The van der Waals surface area contributed by atoms with Gasteiger partial charge in [0.1, 0.15) is 23.6 Å². The molecule has 0 amide bonds. The van der Waals surface area contributed by atoms with Gasteiger partial charge in [-0.3, -0.25) is 0 Å². The van der Waals surface area contributed by atoms with Crippen LogP contribution in [-0.4, -0.2) is 19.3 Å². The molecule has 112 valence electrons.